The maximum absolute atomic E-state index is 13.5. The Labute approximate surface area is 191 Å². The van der Waals surface area contributed by atoms with Crippen LogP contribution in [-0.2, 0) is 10.0 Å². The first-order valence-corrected chi connectivity index (χ1v) is 11.9. The van der Waals surface area contributed by atoms with Gasteiger partial charge in [0.2, 0.25) is 10.0 Å². The third kappa shape index (κ3) is 5.17. The molecule has 0 spiro atoms. The van der Waals surface area contributed by atoms with E-state index in [0.29, 0.717) is 15.6 Å². The molecule has 1 N–H and O–H groups in total. The van der Waals surface area contributed by atoms with Crippen LogP contribution in [0.1, 0.15) is 38.7 Å². The lowest BCUT2D eigenvalue weighted by molar-refractivity contribution is -0.385. The third-order valence-electron chi connectivity index (χ3n) is 5.20. The van der Waals surface area contributed by atoms with Crippen molar-refractivity contribution >= 4 is 50.8 Å². The van der Waals surface area contributed by atoms with Crippen LogP contribution >= 0.6 is 23.2 Å². The first-order valence-electron chi connectivity index (χ1n) is 9.67. The fourth-order valence-electron chi connectivity index (χ4n) is 3.69. The fourth-order valence-corrected chi connectivity index (χ4v) is 6.20. The molecule has 3 rings (SSSR count). The van der Waals surface area contributed by atoms with Crippen LogP contribution in [0.4, 0.5) is 11.4 Å². The van der Waals surface area contributed by atoms with E-state index in [1.165, 1.54) is 22.7 Å². The number of nitro benzene ring substituents is 1. The van der Waals surface area contributed by atoms with E-state index in [0.717, 1.165) is 25.3 Å². The van der Waals surface area contributed by atoms with Gasteiger partial charge in [-0.2, -0.15) is 9.41 Å². The Morgan fingerprint density at radius 3 is 2.45 bits per heavy atom. The van der Waals surface area contributed by atoms with Crippen molar-refractivity contribution in [3.05, 3.63) is 62.1 Å². The van der Waals surface area contributed by atoms with Gasteiger partial charge in [0, 0.05) is 34.8 Å². The molecule has 11 heteroatoms. The smallest absolute Gasteiger partial charge is 0.270 e. The van der Waals surface area contributed by atoms with Crippen LogP contribution < -0.4 is 5.43 Å². The number of sulfonamides is 1. The molecule has 1 fully saturated rings. The number of anilines is 1. The van der Waals surface area contributed by atoms with Gasteiger partial charge in [-0.1, -0.05) is 35.7 Å². The molecule has 2 aromatic carbocycles. The summed E-state index contributed by atoms with van der Waals surface area (Å²) in [4.78, 5) is 10.5. The number of halogens is 2. The molecule has 1 aliphatic rings. The van der Waals surface area contributed by atoms with Gasteiger partial charge >= 0.3 is 0 Å². The van der Waals surface area contributed by atoms with Crippen LogP contribution in [0.5, 0.6) is 0 Å². The SMILES string of the molecule is C[C@H]1CCC[C@H](C)N1S(=O)(=O)c1cc([N+](=O)[O-])ccc1N/N=C\c1ccc(Cl)cc1Cl. The second-order valence-electron chi connectivity index (χ2n) is 7.44. The highest BCUT2D eigenvalue weighted by Gasteiger charge is 2.37. The highest BCUT2D eigenvalue weighted by atomic mass is 35.5. The van der Waals surface area contributed by atoms with Crippen molar-refractivity contribution in [2.75, 3.05) is 5.43 Å². The molecule has 166 valence electrons. The Bertz CT molecular complexity index is 1110. The zero-order chi connectivity index (χ0) is 22.8. The summed E-state index contributed by atoms with van der Waals surface area (Å²) >= 11 is 12.0. The predicted octanol–water partition coefficient (Wildman–Crippen LogP) is 5.30. The zero-order valence-corrected chi connectivity index (χ0v) is 19.3. The molecular weight excluding hydrogens is 463 g/mol. The lowest BCUT2D eigenvalue weighted by Crippen LogP contribution is -2.47. The number of benzene rings is 2. The number of nitrogens with one attached hydrogen (secondary N) is 1. The number of piperidine rings is 1. The number of hydrogen-bond donors (Lipinski definition) is 1. The molecule has 8 nitrogen and oxygen atoms in total. The summed E-state index contributed by atoms with van der Waals surface area (Å²) in [7, 11) is -4.01. The van der Waals surface area contributed by atoms with Gasteiger partial charge in [0.15, 0.2) is 0 Å². The summed E-state index contributed by atoms with van der Waals surface area (Å²) in [5.74, 6) is 0. The van der Waals surface area contributed by atoms with Crippen LogP contribution in [-0.4, -0.2) is 35.9 Å². The van der Waals surface area contributed by atoms with Gasteiger partial charge in [-0.3, -0.25) is 15.5 Å². The molecule has 2 aromatic rings. The summed E-state index contributed by atoms with van der Waals surface area (Å²) in [6, 6.07) is 8.09. The quantitative estimate of drug-likeness (QED) is 0.340. The molecule has 0 amide bonds. The normalized spacial score (nSPS) is 20.1. The highest BCUT2D eigenvalue weighted by Crippen LogP contribution is 2.34. The first kappa shape index (κ1) is 23.5. The Balaban J connectivity index is 1.99. The van der Waals surface area contributed by atoms with Crippen molar-refractivity contribution < 1.29 is 13.3 Å². The molecule has 0 bridgehead atoms. The van der Waals surface area contributed by atoms with Crippen LogP contribution in [0.2, 0.25) is 10.0 Å². The Kier molecular flexibility index (Phi) is 7.20. The zero-order valence-electron chi connectivity index (χ0n) is 17.0. The van der Waals surface area contributed by atoms with Crippen LogP contribution in [0.25, 0.3) is 0 Å². The maximum Gasteiger partial charge on any atom is 0.270 e. The van der Waals surface area contributed by atoms with Crippen LogP contribution in [0, 0.1) is 10.1 Å². The monoisotopic (exact) mass is 484 g/mol. The van der Waals surface area contributed by atoms with Crippen molar-refractivity contribution in [2.45, 2.75) is 50.1 Å². The number of hydrazone groups is 1. The topological polar surface area (TPSA) is 105 Å². The number of hydrogen-bond acceptors (Lipinski definition) is 6. The molecule has 1 heterocycles. The number of rotatable bonds is 6. The summed E-state index contributed by atoms with van der Waals surface area (Å²) in [5, 5.41) is 16.2. The molecule has 0 saturated carbocycles. The minimum Gasteiger partial charge on any atom is -0.277 e. The van der Waals surface area contributed by atoms with Crippen LogP contribution in [0.15, 0.2) is 46.4 Å². The average Bonchev–Trinajstić information content (AvgIpc) is 2.69. The number of non-ortho nitro benzene ring substituents is 1. The first-order chi connectivity index (χ1) is 14.6. The number of nitro groups is 1. The summed E-state index contributed by atoms with van der Waals surface area (Å²) in [6.07, 6.45) is 3.81. The van der Waals surface area contributed by atoms with Gasteiger partial charge in [0.05, 0.1) is 21.8 Å². The van der Waals surface area contributed by atoms with E-state index in [2.05, 4.69) is 10.5 Å². The minimum atomic E-state index is -4.01. The summed E-state index contributed by atoms with van der Waals surface area (Å²) in [5.41, 5.74) is 3.09. The van der Waals surface area contributed by atoms with Gasteiger partial charge in [-0.05, 0) is 44.9 Å². The van der Waals surface area contributed by atoms with E-state index in [-0.39, 0.29) is 28.4 Å². The molecule has 0 aromatic heterocycles. The molecule has 1 saturated heterocycles. The Hall–Kier alpha value is -2.20. The molecule has 1 aliphatic heterocycles. The fraction of sp³-hybridized carbons (Fsp3) is 0.350. The van der Waals surface area contributed by atoms with E-state index in [1.807, 2.05) is 13.8 Å². The molecule has 2 atom stereocenters. The molecular formula is C20H22Cl2N4O4S. The van der Waals surface area contributed by atoms with Gasteiger partial charge in [0.25, 0.3) is 5.69 Å². The van der Waals surface area contributed by atoms with Crippen molar-refractivity contribution in [3.8, 4) is 0 Å². The highest BCUT2D eigenvalue weighted by molar-refractivity contribution is 7.89. The lowest BCUT2D eigenvalue weighted by atomic mass is 10.0. The van der Waals surface area contributed by atoms with Gasteiger partial charge in [0.1, 0.15) is 4.90 Å². The third-order valence-corrected chi connectivity index (χ3v) is 7.93. The van der Waals surface area contributed by atoms with Crippen molar-refractivity contribution in [2.24, 2.45) is 5.10 Å². The molecule has 31 heavy (non-hydrogen) atoms. The van der Waals surface area contributed by atoms with E-state index >= 15 is 0 Å². The second-order valence-corrected chi connectivity index (χ2v) is 10.1. The molecule has 0 unspecified atom stereocenters. The van der Waals surface area contributed by atoms with E-state index in [4.69, 9.17) is 23.2 Å². The standard InChI is InChI=1S/C20H22Cl2N4O4S/c1-13-4-3-5-14(2)25(13)31(29,30)20-11-17(26(27)28)8-9-19(20)24-23-12-15-6-7-16(21)10-18(15)22/h6-14,24H,3-5H2,1-2H3/b23-12-/t13-,14-/m0/s1. The largest absolute Gasteiger partial charge is 0.277 e. The maximum atomic E-state index is 13.5. The molecule has 0 aliphatic carbocycles. The van der Waals surface area contributed by atoms with E-state index < -0.39 is 14.9 Å². The van der Waals surface area contributed by atoms with E-state index in [9.17, 15) is 18.5 Å². The van der Waals surface area contributed by atoms with Gasteiger partial charge in [-0.15, -0.1) is 0 Å². The Morgan fingerprint density at radius 1 is 1.16 bits per heavy atom. The minimum absolute atomic E-state index is 0.136. The molecule has 0 radical (unpaired) electrons. The average molecular weight is 485 g/mol. The van der Waals surface area contributed by atoms with Crippen molar-refractivity contribution in [1.29, 1.82) is 0 Å². The second kappa shape index (κ2) is 9.52. The van der Waals surface area contributed by atoms with Crippen LogP contribution in [0.3, 0.4) is 0 Å². The van der Waals surface area contributed by atoms with Crippen molar-refractivity contribution in [3.63, 3.8) is 0 Å². The lowest BCUT2D eigenvalue weighted by Gasteiger charge is -2.37. The summed E-state index contributed by atoms with van der Waals surface area (Å²) < 4.78 is 28.4. The van der Waals surface area contributed by atoms with Gasteiger partial charge < -0.3 is 0 Å². The Morgan fingerprint density at radius 2 is 1.84 bits per heavy atom. The summed E-state index contributed by atoms with van der Waals surface area (Å²) in [6.45, 7) is 3.69. The van der Waals surface area contributed by atoms with E-state index in [1.54, 1.807) is 18.2 Å². The number of nitrogens with zero attached hydrogens (tertiary/aromatic N) is 3. The predicted molar refractivity (Wildman–Crippen MR) is 123 cm³/mol. The van der Waals surface area contributed by atoms with Gasteiger partial charge in [-0.25, -0.2) is 8.42 Å². The van der Waals surface area contributed by atoms with Crippen molar-refractivity contribution in [1.82, 2.24) is 4.31 Å².